The van der Waals surface area contributed by atoms with Crippen LogP contribution in [-0.4, -0.2) is 51.6 Å². The Bertz CT molecular complexity index is 900. The van der Waals surface area contributed by atoms with Gasteiger partial charge >= 0.3 is 6.09 Å². The third kappa shape index (κ3) is 13.7. The molecule has 39 heavy (non-hydrogen) atoms. The van der Waals surface area contributed by atoms with E-state index in [0.29, 0.717) is 18.5 Å². The Kier molecular flexibility index (Phi) is 13.8. The van der Waals surface area contributed by atoms with Crippen LogP contribution in [-0.2, 0) is 14.3 Å². The summed E-state index contributed by atoms with van der Waals surface area (Å²) in [4.78, 5) is 42.3. The van der Waals surface area contributed by atoms with Crippen LogP contribution >= 0.6 is 0 Å². The van der Waals surface area contributed by atoms with E-state index in [2.05, 4.69) is 17.6 Å². The number of nitrogens with zero attached hydrogens (tertiary/aromatic N) is 1. The standard InChI is InChI=1S/C31H53N3O5/c1-10-11-12-13-14-15-20-34(28(37)25(21-22(2)3)32-29(38)39-31(7,8)9)26(27(36)33-30(4,5)6)23-16-18-24(35)19-17-23/h16-19,22,25-26,35H,10-15,20-21H2,1-9H3,(H,32,38)(H,33,36). The summed E-state index contributed by atoms with van der Waals surface area (Å²) in [5, 5.41) is 15.7. The van der Waals surface area contributed by atoms with Crippen LogP contribution < -0.4 is 10.6 Å². The van der Waals surface area contributed by atoms with E-state index in [4.69, 9.17) is 4.74 Å². The lowest BCUT2D eigenvalue weighted by molar-refractivity contribution is -0.143. The summed E-state index contributed by atoms with van der Waals surface area (Å²) < 4.78 is 5.46. The number of aromatic hydroxyl groups is 1. The average Bonchev–Trinajstić information content (AvgIpc) is 2.78. The van der Waals surface area contributed by atoms with Crippen LogP contribution in [0.5, 0.6) is 5.75 Å². The van der Waals surface area contributed by atoms with Crippen molar-refractivity contribution in [2.75, 3.05) is 6.54 Å². The molecule has 8 nitrogen and oxygen atoms in total. The number of rotatable bonds is 14. The largest absolute Gasteiger partial charge is 0.508 e. The molecule has 0 heterocycles. The number of benzene rings is 1. The van der Waals surface area contributed by atoms with Crippen LogP contribution in [0.15, 0.2) is 24.3 Å². The molecule has 0 aliphatic rings. The van der Waals surface area contributed by atoms with Crippen LogP contribution in [0, 0.1) is 5.92 Å². The van der Waals surface area contributed by atoms with E-state index in [0.717, 1.165) is 32.1 Å². The van der Waals surface area contributed by atoms with Crippen LogP contribution in [0.4, 0.5) is 4.79 Å². The van der Waals surface area contributed by atoms with E-state index in [1.165, 1.54) is 18.6 Å². The van der Waals surface area contributed by atoms with Gasteiger partial charge < -0.3 is 25.4 Å². The number of phenols is 1. The van der Waals surface area contributed by atoms with Crippen LogP contribution in [0.2, 0.25) is 0 Å². The van der Waals surface area contributed by atoms with Gasteiger partial charge in [0.15, 0.2) is 0 Å². The molecule has 1 rings (SSSR count). The minimum Gasteiger partial charge on any atom is -0.508 e. The Hall–Kier alpha value is -2.77. The Morgan fingerprint density at radius 2 is 1.49 bits per heavy atom. The predicted molar refractivity (Wildman–Crippen MR) is 156 cm³/mol. The van der Waals surface area contributed by atoms with E-state index in [1.54, 1.807) is 37.8 Å². The van der Waals surface area contributed by atoms with E-state index in [9.17, 15) is 19.5 Å². The highest BCUT2D eigenvalue weighted by Gasteiger charge is 2.37. The van der Waals surface area contributed by atoms with Gasteiger partial charge in [0, 0.05) is 12.1 Å². The number of hydrogen-bond donors (Lipinski definition) is 3. The lowest BCUT2D eigenvalue weighted by Gasteiger charge is -2.36. The molecular formula is C31H53N3O5. The zero-order chi connectivity index (χ0) is 29.8. The maximum absolute atomic E-state index is 14.2. The van der Waals surface area contributed by atoms with Crippen molar-refractivity contribution < 1.29 is 24.2 Å². The molecule has 0 radical (unpaired) electrons. The van der Waals surface area contributed by atoms with Crippen molar-refractivity contribution in [1.29, 1.82) is 0 Å². The molecule has 0 aliphatic heterocycles. The Balaban J connectivity index is 3.46. The number of nitrogens with one attached hydrogen (secondary N) is 2. The molecule has 0 aromatic heterocycles. The third-order valence-corrected chi connectivity index (χ3v) is 6.00. The summed E-state index contributed by atoms with van der Waals surface area (Å²) in [5.74, 6) is -0.453. The SMILES string of the molecule is CCCCCCCCN(C(=O)C(CC(C)C)NC(=O)OC(C)(C)C)C(C(=O)NC(C)(C)C)c1ccc(O)cc1. The maximum Gasteiger partial charge on any atom is 0.408 e. The van der Waals surface area contributed by atoms with E-state index in [-0.39, 0.29) is 23.5 Å². The van der Waals surface area contributed by atoms with Gasteiger partial charge in [-0.3, -0.25) is 9.59 Å². The van der Waals surface area contributed by atoms with Crippen molar-refractivity contribution in [2.24, 2.45) is 5.92 Å². The first-order chi connectivity index (χ1) is 18.0. The minimum atomic E-state index is -0.928. The van der Waals surface area contributed by atoms with Crippen molar-refractivity contribution in [3.05, 3.63) is 29.8 Å². The molecule has 2 atom stereocenters. The zero-order valence-electron chi connectivity index (χ0n) is 25.7. The number of phenolic OH excluding ortho intramolecular Hbond substituents is 1. The zero-order valence-corrected chi connectivity index (χ0v) is 25.7. The number of unbranched alkanes of at least 4 members (excludes halogenated alkanes) is 5. The van der Waals surface area contributed by atoms with Gasteiger partial charge in [-0.25, -0.2) is 4.79 Å². The van der Waals surface area contributed by atoms with Crippen molar-refractivity contribution in [3.8, 4) is 5.75 Å². The third-order valence-electron chi connectivity index (χ3n) is 6.00. The topological polar surface area (TPSA) is 108 Å². The summed E-state index contributed by atoms with van der Waals surface area (Å²) >= 11 is 0. The summed E-state index contributed by atoms with van der Waals surface area (Å²) in [6.45, 7) is 17.5. The molecule has 0 fully saturated rings. The van der Waals surface area contributed by atoms with Crippen molar-refractivity contribution in [1.82, 2.24) is 15.5 Å². The first-order valence-electron chi connectivity index (χ1n) is 14.4. The molecule has 3 amide bonds. The van der Waals surface area contributed by atoms with Gasteiger partial charge in [-0.1, -0.05) is 65.0 Å². The van der Waals surface area contributed by atoms with Crippen LogP contribution in [0.1, 0.15) is 119 Å². The molecular weight excluding hydrogens is 494 g/mol. The van der Waals surface area contributed by atoms with Gasteiger partial charge in [0.1, 0.15) is 23.4 Å². The second kappa shape index (κ2) is 15.7. The fourth-order valence-corrected chi connectivity index (χ4v) is 4.34. The first kappa shape index (κ1) is 34.3. The minimum absolute atomic E-state index is 0.0757. The highest BCUT2D eigenvalue weighted by Crippen LogP contribution is 2.27. The maximum atomic E-state index is 14.2. The quantitative estimate of drug-likeness (QED) is 0.231. The van der Waals surface area contributed by atoms with Gasteiger partial charge in [0.25, 0.3) is 0 Å². The molecule has 222 valence electrons. The number of alkyl carbamates (subject to hydrolysis) is 1. The number of ether oxygens (including phenoxy) is 1. The van der Waals surface area contributed by atoms with Crippen molar-refractivity contribution >= 4 is 17.9 Å². The van der Waals surface area contributed by atoms with E-state index < -0.39 is 29.3 Å². The number of carbonyl (C=O) groups excluding carboxylic acids is 3. The Labute approximate surface area is 236 Å². The highest BCUT2D eigenvalue weighted by molar-refractivity contribution is 5.92. The molecule has 3 N–H and O–H groups in total. The molecule has 8 heteroatoms. The molecule has 0 saturated heterocycles. The van der Waals surface area contributed by atoms with Crippen LogP contribution in [0.25, 0.3) is 0 Å². The summed E-state index contributed by atoms with van der Waals surface area (Å²) in [5.41, 5.74) is -0.642. The number of carbonyl (C=O) groups is 3. The molecule has 0 spiro atoms. The lowest BCUT2D eigenvalue weighted by Crippen LogP contribution is -2.55. The Morgan fingerprint density at radius 3 is 2.00 bits per heavy atom. The fourth-order valence-electron chi connectivity index (χ4n) is 4.34. The molecule has 1 aromatic carbocycles. The lowest BCUT2D eigenvalue weighted by atomic mass is 9.97. The summed E-state index contributed by atoms with van der Waals surface area (Å²) in [6, 6.07) is 4.59. The van der Waals surface area contributed by atoms with Gasteiger partial charge in [-0.15, -0.1) is 0 Å². The smallest absolute Gasteiger partial charge is 0.408 e. The Morgan fingerprint density at radius 1 is 0.923 bits per heavy atom. The highest BCUT2D eigenvalue weighted by atomic mass is 16.6. The van der Waals surface area contributed by atoms with Crippen molar-refractivity contribution in [2.45, 2.75) is 130 Å². The number of hydrogen-bond acceptors (Lipinski definition) is 5. The molecule has 0 aliphatic carbocycles. The molecule has 0 saturated carbocycles. The fraction of sp³-hybridized carbons (Fsp3) is 0.710. The number of amides is 3. The van der Waals surface area contributed by atoms with Gasteiger partial charge in [0.05, 0.1) is 0 Å². The normalized spacial score (nSPS) is 13.5. The molecule has 0 bridgehead atoms. The predicted octanol–water partition coefficient (Wildman–Crippen LogP) is 6.48. The van der Waals surface area contributed by atoms with Crippen LogP contribution in [0.3, 0.4) is 0 Å². The van der Waals surface area contributed by atoms with Gasteiger partial charge in [0.2, 0.25) is 11.8 Å². The summed E-state index contributed by atoms with van der Waals surface area (Å²) in [7, 11) is 0. The molecule has 2 unspecified atom stereocenters. The average molecular weight is 548 g/mol. The second-order valence-corrected chi connectivity index (χ2v) is 12.9. The van der Waals surface area contributed by atoms with Crippen molar-refractivity contribution in [3.63, 3.8) is 0 Å². The molecule has 1 aromatic rings. The second-order valence-electron chi connectivity index (χ2n) is 12.9. The van der Waals surface area contributed by atoms with E-state index >= 15 is 0 Å². The summed E-state index contributed by atoms with van der Waals surface area (Å²) in [6.07, 6.45) is 5.90. The first-order valence-corrected chi connectivity index (χ1v) is 14.4. The van der Waals surface area contributed by atoms with E-state index in [1.807, 2.05) is 34.6 Å². The monoisotopic (exact) mass is 547 g/mol. The van der Waals surface area contributed by atoms with Gasteiger partial charge in [-0.05, 0) is 78.0 Å². The van der Waals surface area contributed by atoms with Gasteiger partial charge in [-0.2, -0.15) is 0 Å².